The molecule has 0 aliphatic carbocycles. The number of sulfonamides is 1. The predicted molar refractivity (Wildman–Crippen MR) is 117 cm³/mol. The van der Waals surface area contributed by atoms with E-state index in [2.05, 4.69) is 5.32 Å². The van der Waals surface area contributed by atoms with E-state index in [1.165, 1.54) is 18.2 Å². The van der Waals surface area contributed by atoms with Crippen LogP contribution < -0.4 is 9.62 Å². The van der Waals surface area contributed by atoms with Gasteiger partial charge in [0.25, 0.3) is 10.0 Å². The van der Waals surface area contributed by atoms with Crippen molar-refractivity contribution >= 4 is 38.9 Å². The Morgan fingerprint density at radius 2 is 1.69 bits per heavy atom. The van der Waals surface area contributed by atoms with Crippen LogP contribution in [0.2, 0.25) is 5.02 Å². The molecule has 29 heavy (non-hydrogen) atoms. The van der Waals surface area contributed by atoms with Gasteiger partial charge in [-0.2, -0.15) is 0 Å². The summed E-state index contributed by atoms with van der Waals surface area (Å²) in [7, 11) is -3.96. The maximum atomic E-state index is 13.2. The number of carbonyl (C=O) groups is 1. The molecule has 0 aliphatic heterocycles. The lowest BCUT2D eigenvalue weighted by atomic mass is 10.1. The average Bonchev–Trinajstić information content (AvgIpc) is 2.69. The summed E-state index contributed by atoms with van der Waals surface area (Å²) in [4.78, 5) is 12.8. The topological polar surface area (TPSA) is 66.5 Å². The van der Waals surface area contributed by atoms with Crippen LogP contribution >= 0.6 is 11.6 Å². The number of hydrogen-bond donors (Lipinski definition) is 1. The smallest absolute Gasteiger partial charge is 0.264 e. The van der Waals surface area contributed by atoms with Crippen LogP contribution in [-0.4, -0.2) is 20.9 Å². The van der Waals surface area contributed by atoms with Crippen LogP contribution in [0.5, 0.6) is 0 Å². The number of benzene rings is 3. The number of rotatable bonds is 6. The van der Waals surface area contributed by atoms with E-state index < -0.39 is 15.9 Å². The number of nitrogens with zero attached hydrogens (tertiary/aromatic N) is 1. The van der Waals surface area contributed by atoms with E-state index in [4.69, 9.17) is 11.6 Å². The summed E-state index contributed by atoms with van der Waals surface area (Å²) in [6.07, 6.45) is 0. The molecule has 0 fully saturated rings. The highest BCUT2D eigenvalue weighted by atomic mass is 35.5. The Morgan fingerprint density at radius 3 is 2.34 bits per heavy atom. The highest BCUT2D eigenvalue weighted by molar-refractivity contribution is 7.92. The van der Waals surface area contributed by atoms with Gasteiger partial charge in [-0.15, -0.1) is 0 Å². The first-order chi connectivity index (χ1) is 13.8. The fraction of sp³-hybridized carbons (Fsp3) is 0.136. The van der Waals surface area contributed by atoms with Crippen LogP contribution in [0.3, 0.4) is 0 Å². The molecule has 0 aliphatic rings. The van der Waals surface area contributed by atoms with E-state index in [1.807, 2.05) is 26.0 Å². The van der Waals surface area contributed by atoms with Gasteiger partial charge in [0.1, 0.15) is 6.54 Å². The highest BCUT2D eigenvalue weighted by Crippen LogP contribution is 2.26. The van der Waals surface area contributed by atoms with Crippen molar-refractivity contribution in [3.63, 3.8) is 0 Å². The third-order valence-electron chi connectivity index (χ3n) is 4.37. The molecule has 0 saturated carbocycles. The Hall–Kier alpha value is -2.83. The summed E-state index contributed by atoms with van der Waals surface area (Å²) >= 11 is 6.06. The van der Waals surface area contributed by atoms with E-state index in [-0.39, 0.29) is 11.4 Å². The molecular weight excluding hydrogens is 408 g/mol. The molecular formula is C22H21ClN2O3S. The zero-order valence-corrected chi connectivity index (χ0v) is 17.7. The molecule has 1 amide bonds. The van der Waals surface area contributed by atoms with Gasteiger partial charge in [-0.1, -0.05) is 53.6 Å². The van der Waals surface area contributed by atoms with E-state index in [0.29, 0.717) is 16.4 Å². The average molecular weight is 429 g/mol. The molecule has 1 N–H and O–H groups in total. The Labute approximate surface area is 176 Å². The summed E-state index contributed by atoms with van der Waals surface area (Å²) in [5.74, 6) is -0.448. The largest absolute Gasteiger partial charge is 0.324 e. The van der Waals surface area contributed by atoms with E-state index in [9.17, 15) is 13.2 Å². The van der Waals surface area contributed by atoms with Gasteiger partial charge < -0.3 is 5.32 Å². The third kappa shape index (κ3) is 4.96. The SMILES string of the molecule is Cc1ccc(NC(=O)CN(c2cccc(Cl)c2)S(=O)(=O)c2ccccc2)c(C)c1. The number of carbonyl (C=O) groups excluding carboxylic acids is 1. The summed E-state index contributed by atoms with van der Waals surface area (Å²) < 4.78 is 27.6. The van der Waals surface area contributed by atoms with Crippen LogP contribution in [0.15, 0.2) is 77.7 Å². The number of aryl methyl sites for hydroxylation is 2. The van der Waals surface area contributed by atoms with E-state index in [0.717, 1.165) is 15.4 Å². The maximum absolute atomic E-state index is 13.2. The molecule has 0 atom stereocenters. The molecule has 0 bridgehead atoms. The highest BCUT2D eigenvalue weighted by Gasteiger charge is 2.27. The quantitative estimate of drug-likeness (QED) is 0.613. The second-order valence-corrected chi connectivity index (χ2v) is 8.97. The lowest BCUT2D eigenvalue weighted by Crippen LogP contribution is -2.38. The molecule has 3 aromatic rings. The Morgan fingerprint density at radius 1 is 0.966 bits per heavy atom. The van der Waals surface area contributed by atoms with Gasteiger partial charge in [0.15, 0.2) is 0 Å². The monoisotopic (exact) mass is 428 g/mol. The van der Waals surface area contributed by atoms with Gasteiger partial charge in [-0.05, 0) is 55.8 Å². The van der Waals surface area contributed by atoms with Crippen molar-refractivity contribution in [3.8, 4) is 0 Å². The number of amides is 1. The fourth-order valence-corrected chi connectivity index (χ4v) is 4.56. The lowest BCUT2D eigenvalue weighted by molar-refractivity contribution is -0.114. The summed E-state index contributed by atoms with van der Waals surface area (Å²) in [5.41, 5.74) is 2.94. The van der Waals surface area contributed by atoms with Gasteiger partial charge in [0, 0.05) is 10.7 Å². The van der Waals surface area contributed by atoms with Crippen LogP contribution in [0.4, 0.5) is 11.4 Å². The summed E-state index contributed by atoms with van der Waals surface area (Å²) in [6.45, 7) is 3.47. The molecule has 0 unspecified atom stereocenters. The molecule has 150 valence electrons. The Kier molecular flexibility index (Phi) is 6.25. The van der Waals surface area contributed by atoms with Crippen LogP contribution in [0.25, 0.3) is 0 Å². The first-order valence-corrected chi connectivity index (χ1v) is 10.8. The fourth-order valence-electron chi connectivity index (χ4n) is 2.94. The van der Waals surface area contributed by atoms with Crippen molar-refractivity contribution < 1.29 is 13.2 Å². The van der Waals surface area contributed by atoms with Crippen LogP contribution in [-0.2, 0) is 14.8 Å². The van der Waals surface area contributed by atoms with E-state index in [1.54, 1.807) is 42.5 Å². The second-order valence-electron chi connectivity index (χ2n) is 6.67. The predicted octanol–water partition coefficient (Wildman–Crippen LogP) is 4.79. The summed E-state index contributed by atoms with van der Waals surface area (Å²) in [6, 6.07) is 20.1. The lowest BCUT2D eigenvalue weighted by Gasteiger charge is -2.24. The Balaban J connectivity index is 1.94. The van der Waals surface area contributed by atoms with E-state index >= 15 is 0 Å². The first kappa shape index (κ1) is 20.9. The minimum absolute atomic E-state index is 0.0966. The minimum atomic E-state index is -3.96. The maximum Gasteiger partial charge on any atom is 0.264 e. The first-order valence-electron chi connectivity index (χ1n) is 8.98. The molecule has 3 aromatic carbocycles. The van der Waals surface area contributed by atoms with Crippen molar-refractivity contribution in [2.45, 2.75) is 18.7 Å². The van der Waals surface area contributed by atoms with Crippen molar-refractivity contribution in [2.24, 2.45) is 0 Å². The van der Waals surface area contributed by atoms with Crippen LogP contribution in [0.1, 0.15) is 11.1 Å². The zero-order valence-electron chi connectivity index (χ0n) is 16.1. The van der Waals surface area contributed by atoms with Gasteiger partial charge in [-0.25, -0.2) is 8.42 Å². The van der Waals surface area contributed by atoms with Gasteiger partial charge in [0.2, 0.25) is 5.91 Å². The molecule has 7 heteroatoms. The second kappa shape index (κ2) is 8.68. The number of halogens is 1. The minimum Gasteiger partial charge on any atom is -0.324 e. The van der Waals surface area contributed by atoms with Crippen molar-refractivity contribution in [2.75, 3.05) is 16.2 Å². The van der Waals surface area contributed by atoms with Gasteiger partial charge in [-0.3, -0.25) is 9.10 Å². The third-order valence-corrected chi connectivity index (χ3v) is 6.39. The molecule has 0 heterocycles. The normalized spacial score (nSPS) is 11.1. The van der Waals surface area contributed by atoms with Gasteiger partial charge >= 0.3 is 0 Å². The molecule has 0 saturated heterocycles. The zero-order chi connectivity index (χ0) is 21.0. The van der Waals surface area contributed by atoms with Gasteiger partial charge in [0.05, 0.1) is 10.6 Å². The number of nitrogens with one attached hydrogen (secondary N) is 1. The Bertz CT molecular complexity index is 1130. The summed E-state index contributed by atoms with van der Waals surface area (Å²) in [5, 5.41) is 3.18. The standard InChI is InChI=1S/C22H21ClN2O3S/c1-16-11-12-21(17(2)13-16)24-22(26)15-25(19-8-6-7-18(23)14-19)29(27,28)20-9-4-3-5-10-20/h3-14H,15H2,1-2H3,(H,24,26). The van der Waals surface area contributed by atoms with Crippen molar-refractivity contribution in [3.05, 3.63) is 88.9 Å². The number of hydrogen-bond acceptors (Lipinski definition) is 3. The molecule has 3 rings (SSSR count). The molecule has 5 nitrogen and oxygen atoms in total. The number of anilines is 2. The van der Waals surface area contributed by atoms with Crippen LogP contribution in [0, 0.1) is 13.8 Å². The van der Waals surface area contributed by atoms with Crippen molar-refractivity contribution in [1.29, 1.82) is 0 Å². The molecule has 0 aromatic heterocycles. The molecule has 0 spiro atoms. The van der Waals surface area contributed by atoms with Crippen molar-refractivity contribution in [1.82, 2.24) is 0 Å². The molecule has 0 radical (unpaired) electrons.